The van der Waals surface area contributed by atoms with Crippen LogP contribution in [0.5, 0.6) is 11.5 Å². The Kier molecular flexibility index (Phi) is 3.60. The van der Waals surface area contributed by atoms with Gasteiger partial charge in [0.25, 0.3) is 0 Å². The average molecular weight is 242 g/mol. The fourth-order valence-corrected chi connectivity index (χ4v) is 1.58. The maximum absolute atomic E-state index is 9.08. The summed E-state index contributed by atoms with van der Waals surface area (Å²) in [5.74, 6) is 1.14. The monoisotopic (exact) mass is 242 g/mol. The number of aryl methyl sites for hydroxylation is 1. The molecule has 0 atom stereocenters. The molecule has 1 heterocycles. The molecule has 0 radical (unpaired) electrons. The Morgan fingerprint density at radius 3 is 2.94 bits per heavy atom. The minimum atomic E-state index is 0.405. The topological polar surface area (TPSA) is 76.9 Å². The average Bonchev–Trinajstić information content (AvgIpc) is 2.87. The standard InChI is InChI=1S/C13H14N4O/c1-2-17-9-12(8-16-17)18-13-4-3-10(6-14)5-11(13)7-15/h3-5,8-9H,2,6,14H2,1H3. The van der Waals surface area contributed by atoms with Gasteiger partial charge >= 0.3 is 0 Å². The highest BCUT2D eigenvalue weighted by Gasteiger charge is 2.07. The van der Waals surface area contributed by atoms with Crippen molar-refractivity contribution in [3.63, 3.8) is 0 Å². The first kappa shape index (κ1) is 12.1. The molecule has 0 spiro atoms. The minimum Gasteiger partial charge on any atom is -0.453 e. The van der Waals surface area contributed by atoms with E-state index in [1.807, 2.05) is 13.0 Å². The van der Waals surface area contributed by atoms with Crippen LogP contribution in [0.15, 0.2) is 30.6 Å². The lowest BCUT2D eigenvalue weighted by Gasteiger charge is -2.06. The first-order valence-corrected chi connectivity index (χ1v) is 5.70. The predicted octanol–water partition coefficient (Wildman–Crippen LogP) is 2.03. The van der Waals surface area contributed by atoms with E-state index in [1.54, 1.807) is 29.2 Å². The number of nitrogens with zero attached hydrogens (tertiary/aromatic N) is 3. The maximum atomic E-state index is 9.08. The zero-order valence-corrected chi connectivity index (χ0v) is 10.1. The van der Waals surface area contributed by atoms with Crippen LogP contribution in [-0.2, 0) is 13.1 Å². The van der Waals surface area contributed by atoms with Gasteiger partial charge in [0, 0.05) is 13.1 Å². The van der Waals surface area contributed by atoms with E-state index < -0.39 is 0 Å². The molecule has 0 aliphatic rings. The fraction of sp³-hybridized carbons (Fsp3) is 0.231. The lowest BCUT2D eigenvalue weighted by molar-refractivity contribution is 0.479. The largest absolute Gasteiger partial charge is 0.453 e. The Balaban J connectivity index is 2.26. The van der Waals surface area contributed by atoms with Crippen molar-refractivity contribution in [3.8, 4) is 17.6 Å². The molecule has 0 aliphatic carbocycles. The molecule has 18 heavy (non-hydrogen) atoms. The molecule has 0 aliphatic heterocycles. The third kappa shape index (κ3) is 2.50. The Morgan fingerprint density at radius 1 is 1.50 bits per heavy atom. The Labute approximate surface area is 105 Å². The maximum Gasteiger partial charge on any atom is 0.165 e. The van der Waals surface area contributed by atoms with Gasteiger partial charge in [-0.05, 0) is 24.6 Å². The highest BCUT2D eigenvalue weighted by atomic mass is 16.5. The molecule has 0 bridgehead atoms. The Morgan fingerprint density at radius 2 is 2.33 bits per heavy atom. The molecule has 2 N–H and O–H groups in total. The van der Waals surface area contributed by atoms with Crippen LogP contribution in [0.25, 0.3) is 0 Å². The van der Waals surface area contributed by atoms with Crippen molar-refractivity contribution in [2.45, 2.75) is 20.0 Å². The molecule has 0 saturated heterocycles. The molecule has 2 rings (SSSR count). The predicted molar refractivity (Wildman–Crippen MR) is 67.0 cm³/mol. The summed E-state index contributed by atoms with van der Waals surface area (Å²) >= 11 is 0. The molecular weight excluding hydrogens is 228 g/mol. The van der Waals surface area contributed by atoms with Gasteiger partial charge < -0.3 is 10.5 Å². The van der Waals surface area contributed by atoms with Gasteiger partial charge in [-0.2, -0.15) is 10.4 Å². The molecule has 1 aromatic heterocycles. The summed E-state index contributed by atoms with van der Waals surface area (Å²) in [5, 5.41) is 13.2. The Bertz CT molecular complexity index is 583. The van der Waals surface area contributed by atoms with E-state index in [2.05, 4.69) is 11.2 Å². The lowest BCUT2D eigenvalue weighted by atomic mass is 10.1. The van der Waals surface area contributed by atoms with E-state index >= 15 is 0 Å². The van der Waals surface area contributed by atoms with Gasteiger partial charge in [0.15, 0.2) is 5.75 Å². The molecular formula is C13H14N4O. The van der Waals surface area contributed by atoms with E-state index in [0.717, 1.165) is 12.1 Å². The second-order valence-electron chi connectivity index (χ2n) is 3.78. The minimum absolute atomic E-state index is 0.405. The molecule has 0 amide bonds. The number of benzene rings is 1. The second kappa shape index (κ2) is 5.34. The molecule has 2 aromatic rings. The third-order valence-electron chi connectivity index (χ3n) is 2.56. The number of ether oxygens (including phenoxy) is 1. The van der Waals surface area contributed by atoms with E-state index in [9.17, 15) is 0 Å². The van der Waals surface area contributed by atoms with Crippen LogP contribution >= 0.6 is 0 Å². The zero-order valence-electron chi connectivity index (χ0n) is 10.1. The summed E-state index contributed by atoms with van der Waals surface area (Å²) < 4.78 is 7.40. The van der Waals surface area contributed by atoms with Crippen molar-refractivity contribution in [1.29, 1.82) is 5.26 Å². The van der Waals surface area contributed by atoms with Gasteiger partial charge in [0.2, 0.25) is 0 Å². The van der Waals surface area contributed by atoms with Gasteiger partial charge in [-0.25, -0.2) is 0 Å². The van der Waals surface area contributed by atoms with Crippen LogP contribution in [0.2, 0.25) is 0 Å². The summed E-state index contributed by atoms with van der Waals surface area (Å²) in [6.07, 6.45) is 3.42. The van der Waals surface area contributed by atoms with Gasteiger partial charge in [-0.15, -0.1) is 0 Å². The van der Waals surface area contributed by atoms with Crippen LogP contribution in [0.4, 0.5) is 0 Å². The van der Waals surface area contributed by atoms with E-state index in [4.69, 9.17) is 15.7 Å². The van der Waals surface area contributed by atoms with Gasteiger partial charge in [-0.3, -0.25) is 4.68 Å². The SMILES string of the molecule is CCn1cc(Oc2ccc(CN)cc2C#N)cn1. The summed E-state index contributed by atoms with van der Waals surface area (Å²) in [4.78, 5) is 0. The first-order chi connectivity index (χ1) is 8.76. The van der Waals surface area contributed by atoms with Crippen LogP contribution in [-0.4, -0.2) is 9.78 Å². The van der Waals surface area contributed by atoms with Gasteiger partial charge in [0.05, 0.1) is 18.0 Å². The smallest absolute Gasteiger partial charge is 0.165 e. The van der Waals surface area contributed by atoms with Crippen molar-refractivity contribution in [2.24, 2.45) is 5.73 Å². The number of hydrogen-bond donors (Lipinski definition) is 1. The molecule has 0 unspecified atom stereocenters. The molecule has 0 saturated carbocycles. The fourth-order valence-electron chi connectivity index (χ4n) is 1.58. The quantitative estimate of drug-likeness (QED) is 0.889. The highest BCUT2D eigenvalue weighted by Crippen LogP contribution is 2.25. The van der Waals surface area contributed by atoms with Crippen LogP contribution < -0.4 is 10.5 Å². The molecule has 92 valence electrons. The number of nitriles is 1. The van der Waals surface area contributed by atoms with E-state index in [1.165, 1.54) is 0 Å². The zero-order chi connectivity index (χ0) is 13.0. The second-order valence-corrected chi connectivity index (χ2v) is 3.78. The number of hydrogen-bond acceptors (Lipinski definition) is 4. The number of aromatic nitrogens is 2. The highest BCUT2D eigenvalue weighted by molar-refractivity contribution is 5.47. The van der Waals surface area contributed by atoms with E-state index in [0.29, 0.717) is 23.6 Å². The van der Waals surface area contributed by atoms with Crippen LogP contribution in [0.3, 0.4) is 0 Å². The van der Waals surface area contributed by atoms with E-state index in [-0.39, 0.29) is 0 Å². The molecule has 0 fully saturated rings. The summed E-state index contributed by atoms with van der Waals surface area (Å²) in [6, 6.07) is 7.44. The normalized spacial score (nSPS) is 10.1. The van der Waals surface area contributed by atoms with Crippen molar-refractivity contribution in [1.82, 2.24) is 9.78 Å². The molecule has 1 aromatic carbocycles. The summed E-state index contributed by atoms with van der Waals surface area (Å²) in [6.45, 7) is 3.18. The van der Waals surface area contributed by atoms with Crippen molar-refractivity contribution < 1.29 is 4.74 Å². The van der Waals surface area contributed by atoms with Crippen molar-refractivity contribution in [2.75, 3.05) is 0 Å². The van der Waals surface area contributed by atoms with Crippen molar-refractivity contribution >= 4 is 0 Å². The summed E-state index contributed by atoms with van der Waals surface area (Å²) in [5.41, 5.74) is 6.91. The lowest BCUT2D eigenvalue weighted by Crippen LogP contribution is -1.97. The van der Waals surface area contributed by atoms with Gasteiger partial charge in [-0.1, -0.05) is 6.07 Å². The number of nitrogens with two attached hydrogens (primary N) is 1. The Hall–Kier alpha value is -2.32. The van der Waals surface area contributed by atoms with Gasteiger partial charge in [0.1, 0.15) is 11.8 Å². The first-order valence-electron chi connectivity index (χ1n) is 5.70. The van der Waals surface area contributed by atoms with Crippen LogP contribution in [0, 0.1) is 11.3 Å². The number of rotatable bonds is 4. The molecule has 5 nitrogen and oxygen atoms in total. The van der Waals surface area contributed by atoms with Crippen LogP contribution in [0.1, 0.15) is 18.1 Å². The third-order valence-corrected chi connectivity index (χ3v) is 2.56. The van der Waals surface area contributed by atoms with Crippen molar-refractivity contribution in [3.05, 3.63) is 41.7 Å². The summed E-state index contributed by atoms with van der Waals surface area (Å²) in [7, 11) is 0. The molecule has 5 heteroatoms.